The molecule has 0 fully saturated rings. The van der Waals surface area contributed by atoms with Crippen LogP contribution in [-0.2, 0) is 9.59 Å². The number of amides is 3. The Balaban J connectivity index is 1.33. The molecule has 0 aliphatic carbocycles. The summed E-state index contributed by atoms with van der Waals surface area (Å²) in [4.78, 5) is 40.5. The fourth-order valence-corrected chi connectivity index (χ4v) is 5.45. The summed E-state index contributed by atoms with van der Waals surface area (Å²) in [6.45, 7) is 0. The number of ether oxygens (including phenoxy) is 1. The summed E-state index contributed by atoms with van der Waals surface area (Å²) in [5.41, 5.74) is 2.48. The van der Waals surface area contributed by atoms with Gasteiger partial charge < -0.3 is 20.7 Å². The minimum absolute atomic E-state index is 0.0476. The molecule has 1 unspecified atom stereocenters. The van der Waals surface area contributed by atoms with Crippen molar-refractivity contribution < 1.29 is 23.5 Å². The SMILES string of the molecule is COc1ccc(/C=C(\NC(=O)c2ccccc2)C(=O)Nc2ccc(SC(C(=O)Nc3ccccc3F)c3ccccc3)cc2)cc1. The molecule has 0 saturated heterocycles. The molecule has 230 valence electrons. The van der Waals surface area contributed by atoms with Crippen LogP contribution >= 0.6 is 11.8 Å². The molecule has 0 radical (unpaired) electrons. The molecule has 7 nitrogen and oxygen atoms in total. The van der Waals surface area contributed by atoms with Gasteiger partial charge in [-0.05, 0) is 77.9 Å². The molecule has 3 N–H and O–H groups in total. The lowest BCUT2D eigenvalue weighted by molar-refractivity contribution is -0.116. The first-order valence-corrected chi connectivity index (χ1v) is 15.2. The molecule has 0 aliphatic rings. The van der Waals surface area contributed by atoms with Crippen LogP contribution in [0.2, 0.25) is 0 Å². The van der Waals surface area contributed by atoms with E-state index in [9.17, 15) is 18.8 Å². The summed E-state index contributed by atoms with van der Waals surface area (Å²) >= 11 is 1.29. The van der Waals surface area contributed by atoms with E-state index in [-0.39, 0.29) is 17.3 Å². The van der Waals surface area contributed by atoms with Gasteiger partial charge in [-0.1, -0.05) is 72.8 Å². The Morgan fingerprint density at radius 3 is 2.02 bits per heavy atom. The second-order valence-corrected chi connectivity index (χ2v) is 11.2. The summed E-state index contributed by atoms with van der Waals surface area (Å²) in [5, 5.41) is 7.59. The Hall–Kier alpha value is -5.67. The van der Waals surface area contributed by atoms with E-state index >= 15 is 0 Å². The molecule has 3 amide bonds. The Morgan fingerprint density at radius 2 is 1.37 bits per heavy atom. The lowest BCUT2D eigenvalue weighted by atomic mass is 10.1. The molecule has 5 aromatic carbocycles. The average Bonchev–Trinajstić information content (AvgIpc) is 3.09. The predicted molar refractivity (Wildman–Crippen MR) is 180 cm³/mol. The Morgan fingerprint density at radius 1 is 0.739 bits per heavy atom. The van der Waals surface area contributed by atoms with Crippen LogP contribution in [0, 0.1) is 5.82 Å². The number of carbonyl (C=O) groups is 3. The number of methoxy groups -OCH3 is 1. The summed E-state index contributed by atoms with van der Waals surface area (Å²) < 4.78 is 19.5. The Kier molecular flexibility index (Phi) is 10.6. The van der Waals surface area contributed by atoms with Gasteiger partial charge in [0, 0.05) is 16.1 Å². The first-order chi connectivity index (χ1) is 22.4. The average molecular weight is 632 g/mol. The highest BCUT2D eigenvalue weighted by atomic mass is 32.2. The largest absolute Gasteiger partial charge is 0.497 e. The molecule has 0 aliphatic heterocycles. The maximum atomic E-state index is 14.3. The predicted octanol–water partition coefficient (Wildman–Crippen LogP) is 7.72. The van der Waals surface area contributed by atoms with Gasteiger partial charge in [-0.25, -0.2) is 4.39 Å². The Labute approximate surface area is 270 Å². The highest BCUT2D eigenvalue weighted by Gasteiger charge is 2.23. The Bertz CT molecular complexity index is 1830. The number of thioether (sulfide) groups is 1. The first kappa shape index (κ1) is 31.7. The standard InChI is InChI=1S/C37H30FN3O4S/c1-45-29-20-16-25(17-21-29)24-33(41-35(42)27-12-6-3-7-13-27)36(43)39-28-18-22-30(23-19-28)46-34(26-10-4-2-5-11-26)37(44)40-32-15-9-8-14-31(32)38/h2-24,34H,1H3,(H,39,43)(H,40,44)(H,41,42)/b33-24-. The molecule has 0 bridgehead atoms. The van der Waals surface area contributed by atoms with E-state index in [1.807, 2.05) is 30.3 Å². The number of nitrogens with one attached hydrogen (secondary N) is 3. The second-order valence-electron chi connectivity index (χ2n) is 10.0. The van der Waals surface area contributed by atoms with Crippen molar-refractivity contribution in [3.8, 4) is 5.75 Å². The van der Waals surface area contributed by atoms with Gasteiger partial charge in [-0.3, -0.25) is 14.4 Å². The fraction of sp³-hybridized carbons (Fsp3) is 0.0541. The normalized spacial score (nSPS) is 11.7. The quantitative estimate of drug-likeness (QED) is 0.103. The van der Waals surface area contributed by atoms with Crippen molar-refractivity contribution in [3.05, 3.63) is 162 Å². The molecule has 0 heterocycles. The fourth-order valence-electron chi connectivity index (χ4n) is 4.42. The lowest BCUT2D eigenvalue weighted by Crippen LogP contribution is -2.30. The van der Waals surface area contributed by atoms with Crippen LogP contribution in [-0.4, -0.2) is 24.8 Å². The van der Waals surface area contributed by atoms with Gasteiger partial charge in [-0.15, -0.1) is 11.8 Å². The minimum Gasteiger partial charge on any atom is -0.497 e. The van der Waals surface area contributed by atoms with Crippen LogP contribution < -0.4 is 20.7 Å². The number of hydrogen-bond donors (Lipinski definition) is 3. The van der Waals surface area contributed by atoms with E-state index in [0.29, 0.717) is 22.6 Å². The highest BCUT2D eigenvalue weighted by Crippen LogP contribution is 2.37. The third-order valence-electron chi connectivity index (χ3n) is 6.79. The summed E-state index contributed by atoms with van der Waals surface area (Å²) in [6.07, 6.45) is 1.58. The van der Waals surface area contributed by atoms with Crippen molar-refractivity contribution >= 4 is 46.9 Å². The van der Waals surface area contributed by atoms with E-state index in [2.05, 4.69) is 16.0 Å². The molecule has 0 spiro atoms. The van der Waals surface area contributed by atoms with Crippen LogP contribution in [0.5, 0.6) is 5.75 Å². The van der Waals surface area contributed by atoms with Gasteiger partial charge in [0.25, 0.3) is 11.8 Å². The zero-order chi connectivity index (χ0) is 32.3. The van der Waals surface area contributed by atoms with E-state index in [1.165, 1.54) is 23.9 Å². The zero-order valence-electron chi connectivity index (χ0n) is 24.8. The first-order valence-electron chi connectivity index (χ1n) is 14.3. The molecular weight excluding hydrogens is 601 g/mol. The maximum absolute atomic E-state index is 14.3. The van der Waals surface area contributed by atoms with Crippen molar-refractivity contribution in [3.63, 3.8) is 0 Å². The topological polar surface area (TPSA) is 96.5 Å². The number of benzene rings is 5. The third kappa shape index (κ3) is 8.49. The molecule has 9 heteroatoms. The molecule has 0 aromatic heterocycles. The van der Waals surface area contributed by atoms with Gasteiger partial charge >= 0.3 is 0 Å². The van der Waals surface area contributed by atoms with Crippen molar-refractivity contribution in [2.75, 3.05) is 17.7 Å². The van der Waals surface area contributed by atoms with Gasteiger partial charge in [-0.2, -0.15) is 0 Å². The molecule has 1 atom stereocenters. The monoisotopic (exact) mass is 631 g/mol. The van der Waals surface area contributed by atoms with Crippen molar-refractivity contribution in [2.45, 2.75) is 10.1 Å². The van der Waals surface area contributed by atoms with Gasteiger partial charge in [0.15, 0.2) is 0 Å². The smallest absolute Gasteiger partial charge is 0.272 e. The van der Waals surface area contributed by atoms with Crippen LogP contribution in [0.15, 0.2) is 144 Å². The number of anilines is 2. The summed E-state index contributed by atoms with van der Waals surface area (Å²) in [6, 6.07) is 37.9. The highest BCUT2D eigenvalue weighted by molar-refractivity contribution is 8.00. The van der Waals surface area contributed by atoms with E-state index < -0.39 is 22.9 Å². The van der Waals surface area contributed by atoms with Crippen LogP contribution in [0.25, 0.3) is 6.08 Å². The van der Waals surface area contributed by atoms with E-state index in [1.54, 1.807) is 104 Å². The molecule has 46 heavy (non-hydrogen) atoms. The van der Waals surface area contributed by atoms with Gasteiger partial charge in [0.2, 0.25) is 5.91 Å². The summed E-state index contributed by atoms with van der Waals surface area (Å²) in [5.74, 6) is -1.18. The second kappa shape index (κ2) is 15.4. The third-order valence-corrected chi connectivity index (χ3v) is 8.06. The minimum atomic E-state index is -0.673. The van der Waals surface area contributed by atoms with Crippen LogP contribution in [0.3, 0.4) is 0 Å². The number of para-hydroxylation sites is 1. The van der Waals surface area contributed by atoms with Crippen LogP contribution in [0.1, 0.15) is 26.7 Å². The van der Waals surface area contributed by atoms with Crippen molar-refractivity contribution in [1.29, 1.82) is 0 Å². The van der Waals surface area contributed by atoms with Gasteiger partial charge in [0.1, 0.15) is 22.5 Å². The van der Waals surface area contributed by atoms with E-state index in [0.717, 1.165) is 10.5 Å². The molecule has 5 rings (SSSR count). The molecular formula is C37H30FN3O4S. The van der Waals surface area contributed by atoms with Gasteiger partial charge in [0.05, 0.1) is 12.8 Å². The number of carbonyl (C=O) groups excluding carboxylic acids is 3. The lowest BCUT2D eigenvalue weighted by Gasteiger charge is -2.18. The maximum Gasteiger partial charge on any atom is 0.272 e. The van der Waals surface area contributed by atoms with Crippen molar-refractivity contribution in [2.24, 2.45) is 0 Å². The van der Waals surface area contributed by atoms with Crippen LogP contribution in [0.4, 0.5) is 15.8 Å². The molecule has 0 saturated carbocycles. The number of rotatable bonds is 11. The van der Waals surface area contributed by atoms with Crippen molar-refractivity contribution in [1.82, 2.24) is 5.32 Å². The zero-order valence-corrected chi connectivity index (χ0v) is 25.6. The summed E-state index contributed by atoms with van der Waals surface area (Å²) in [7, 11) is 1.57. The van der Waals surface area contributed by atoms with E-state index in [4.69, 9.17) is 4.74 Å². The number of hydrogen-bond acceptors (Lipinski definition) is 5. The molecule has 5 aromatic rings. The number of halogens is 1.